The molecule has 0 amide bonds. The van der Waals surface area contributed by atoms with Gasteiger partial charge in [0.05, 0.1) is 24.4 Å². The topological polar surface area (TPSA) is 120 Å². The van der Waals surface area contributed by atoms with E-state index in [-0.39, 0.29) is 18.2 Å². The van der Waals surface area contributed by atoms with Crippen molar-refractivity contribution in [2.24, 2.45) is 0 Å². The normalized spacial score (nSPS) is 15.0. The van der Waals surface area contributed by atoms with Gasteiger partial charge < -0.3 is 25.2 Å². The number of unbranched alkanes of at least 4 members (excludes halogenated alkanes) is 36. The molecule has 1 fully saturated rings. The van der Waals surface area contributed by atoms with E-state index >= 15 is 0 Å². The summed E-state index contributed by atoms with van der Waals surface area (Å²) in [6.45, 7) is 19.7. The van der Waals surface area contributed by atoms with Crippen LogP contribution in [0.25, 0.3) is 0 Å². The lowest BCUT2D eigenvalue weighted by Gasteiger charge is -2.34. The second-order valence-corrected chi connectivity index (χ2v) is 32.9. The third-order valence-corrected chi connectivity index (χ3v) is 22.7. The van der Waals surface area contributed by atoms with Gasteiger partial charge in [0.2, 0.25) is 0 Å². The molecule has 4 N–H and O–H groups in total. The van der Waals surface area contributed by atoms with Crippen LogP contribution in [0.3, 0.4) is 0 Å². The smallest absolute Gasteiger partial charge is 0.305 e. The number of carbonyl (C=O) groups excluding carboxylic acids is 1. The minimum Gasteiger partial charge on any atom is -0.464 e. The predicted molar refractivity (Wildman–Crippen MR) is 448 cm³/mol. The molecule has 0 bridgehead atoms. The number of hydrogen-bond donors (Lipinski definition) is 4. The van der Waals surface area contributed by atoms with Gasteiger partial charge >= 0.3 is 5.97 Å². The summed E-state index contributed by atoms with van der Waals surface area (Å²) in [5.74, 6) is 2.12. The highest BCUT2D eigenvalue weighted by Gasteiger charge is 2.20. The van der Waals surface area contributed by atoms with Crippen LogP contribution in [-0.4, -0.2) is 167 Å². The SMILES string of the molecule is CCCCC/C=C\C/C=C\CCCCCC[C@@H](O)CN(CCCCC(=O)OCCN1CCN(CCSSCCCCN(C[C@@H](O)CCCCCC/C=C\CCCCCCCC)C[C@@H](O)CCCCCC/C=C\CCCCCCCC)CC1)C[C@H](O)CCCCCC/C=C\C/C=C\CCCCC. The average Bonchev–Trinajstić information content (AvgIpc) is 1.10. The number of ether oxygens (including phenoxy) is 1. The van der Waals surface area contributed by atoms with E-state index in [2.05, 4.69) is 120 Å². The molecule has 0 spiro atoms. The summed E-state index contributed by atoms with van der Waals surface area (Å²) in [7, 11) is 3.99. The summed E-state index contributed by atoms with van der Waals surface area (Å²) < 4.78 is 5.76. The zero-order valence-electron chi connectivity index (χ0n) is 67.0. The Morgan fingerprint density at radius 3 is 0.970 bits per heavy atom. The second-order valence-electron chi connectivity index (χ2n) is 30.2. The van der Waals surface area contributed by atoms with Gasteiger partial charge in [0.25, 0.3) is 0 Å². The molecule has 12 heteroatoms. The van der Waals surface area contributed by atoms with Gasteiger partial charge in [-0.25, -0.2) is 0 Å². The number of allylic oxidation sites excluding steroid dienone is 12. The number of aliphatic hydroxyl groups excluding tert-OH is 4. The maximum absolute atomic E-state index is 12.9. The van der Waals surface area contributed by atoms with Crippen molar-refractivity contribution >= 4 is 27.6 Å². The highest BCUT2D eigenvalue weighted by Crippen LogP contribution is 2.24. The second kappa shape index (κ2) is 79.3. The van der Waals surface area contributed by atoms with Crippen molar-refractivity contribution < 1.29 is 30.0 Å². The molecule has 4 atom stereocenters. The average molecular weight is 1450 g/mol. The molecule has 0 aromatic heterocycles. The highest BCUT2D eigenvalue weighted by molar-refractivity contribution is 8.76. The van der Waals surface area contributed by atoms with Crippen LogP contribution in [0.15, 0.2) is 72.9 Å². The Labute approximate surface area is 635 Å². The highest BCUT2D eigenvalue weighted by atomic mass is 33.1. The Bertz CT molecular complexity index is 1780. The summed E-state index contributed by atoms with van der Waals surface area (Å²) in [5.41, 5.74) is 0. The summed E-state index contributed by atoms with van der Waals surface area (Å²) in [6, 6.07) is 0. The molecular weight excluding hydrogens is 1290 g/mol. The van der Waals surface area contributed by atoms with Gasteiger partial charge in [-0.3, -0.25) is 24.4 Å². The van der Waals surface area contributed by atoms with Crippen LogP contribution in [-0.2, 0) is 9.53 Å². The number of esters is 1. The zero-order chi connectivity index (χ0) is 72.9. The lowest BCUT2D eigenvalue weighted by Crippen LogP contribution is -2.47. The Morgan fingerprint density at radius 1 is 0.337 bits per heavy atom. The van der Waals surface area contributed by atoms with Crippen molar-refractivity contribution in [3.8, 4) is 0 Å². The van der Waals surface area contributed by atoms with Crippen molar-refractivity contribution in [1.82, 2.24) is 19.6 Å². The fraction of sp³-hybridized carbons (Fsp3) is 0.854. The first-order chi connectivity index (χ1) is 49.7. The zero-order valence-corrected chi connectivity index (χ0v) is 68.7. The first kappa shape index (κ1) is 97.3. The summed E-state index contributed by atoms with van der Waals surface area (Å²) >= 11 is 0. The minimum absolute atomic E-state index is 0.122. The van der Waals surface area contributed by atoms with Gasteiger partial charge in [0.1, 0.15) is 6.61 Å². The molecule has 1 aliphatic heterocycles. The van der Waals surface area contributed by atoms with Crippen molar-refractivity contribution in [2.45, 2.75) is 392 Å². The maximum Gasteiger partial charge on any atom is 0.305 e. The van der Waals surface area contributed by atoms with Gasteiger partial charge in [0.15, 0.2) is 0 Å². The van der Waals surface area contributed by atoms with Crippen LogP contribution < -0.4 is 0 Å². The third kappa shape index (κ3) is 72.3. The van der Waals surface area contributed by atoms with Gasteiger partial charge in [-0.2, -0.15) is 0 Å². The standard InChI is InChI=1S/C89H168N4O6S2/c1-5-9-13-17-21-25-29-33-37-41-45-49-53-57-65-85(94)81-92(82-86(95)66-58-54-50-46-42-38-34-30-26-22-18-14-10-6-2)70-62-61-69-89(98)99-78-76-90-72-74-91(75-73-90)77-80-101-100-79-64-63-71-93(83-87(96)67-59-55-51-47-43-39-35-31-27-23-19-15-11-7-3)84-88(97)68-60-56-52-48-44-40-36-32-28-24-20-16-12-8-4/h21-22,25-26,33-40,85-88,94-97H,5-20,23-24,27-32,41-84H2,1-4H3/b25-21-,26-22-,37-33-,38-34-,39-35-,40-36-/t85-,86-,87+,88+/m1/s1. The molecule has 1 saturated heterocycles. The number of nitrogens with zero attached hydrogens (tertiary/aromatic N) is 4. The van der Waals surface area contributed by atoms with E-state index in [1.165, 1.54) is 218 Å². The Balaban J connectivity index is 2.44. The van der Waals surface area contributed by atoms with Gasteiger partial charge in [-0.1, -0.05) is 289 Å². The Hall–Kier alpha value is -1.71. The summed E-state index contributed by atoms with van der Waals surface area (Å²) in [4.78, 5) is 22.6. The Morgan fingerprint density at radius 2 is 0.614 bits per heavy atom. The van der Waals surface area contributed by atoms with E-state index < -0.39 is 12.2 Å². The molecule has 592 valence electrons. The van der Waals surface area contributed by atoms with E-state index in [0.29, 0.717) is 39.2 Å². The van der Waals surface area contributed by atoms with Crippen LogP contribution in [0, 0.1) is 0 Å². The fourth-order valence-corrected chi connectivity index (χ4v) is 15.8. The van der Waals surface area contributed by atoms with E-state index in [1.807, 2.05) is 21.6 Å². The van der Waals surface area contributed by atoms with Crippen molar-refractivity contribution in [2.75, 3.05) is 96.6 Å². The van der Waals surface area contributed by atoms with Gasteiger partial charge in [-0.05, 0) is 180 Å². The van der Waals surface area contributed by atoms with Crippen LogP contribution in [0.5, 0.6) is 0 Å². The lowest BCUT2D eigenvalue weighted by atomic mass is 10.1. The van der Waals surface area contributed by atoms with E-state index in [9.17, 15) is 25.2 Å². The minimum atomic E-state index is -0.413. The predicted octanol–water partition coefficient (Wildman–Crippen LogP) is 23.7. The monoisotopic (exact) mass is 1450 g/mol. The molecule has 0 aromatic carbocycles. The Kier molecular flexibility index (Phi) is 76.4. The van der Waals surface area contributed by atoms with E-state index in [0.717, 1.165) is 179 Å². The van der Waals surface area contributed by atoms with Crippen LogP contribution in [0.2, 0.25) is 0 Å². The van der Waals surface area contributed by atoms with E-state index in [4.69, 9.17) is 4.74 Å². The molecule has 0 radical (unpaired) electrons. The number of hydrogen-bond acceptors (Lipinski definition) is 12. The molecule has 1 heterocycles. The molecule has 0 unspecified atom stereocenters. The number of aliphatic hydroxyl groups is 4. The van der Waals surface area contributed by atoms with Crippen molar-refractivity contribution in [3.05, 3.63) is 72.9 Å². The first-order valence-electron chi connectivity index (χ1n) is 43.6. The molecule has 0 aromatic rings. The van der Waals surface area contributed by atoms with Crippen molar-refractivity contribution in [1.29, 1.82) is 0 Å². The molecule has 1 rings (SSSR count). The van der Waals surface area contributed by atoms with E-state index in [1.54, 1.807) is 0 Å². The van der Waals surface area contributed by atoms with Crippen LogP contribution in [0.1, 0.15) is 368 Å². The largest absolute Gasteiger partial charge is 0.464 e. The molecule has 0 saturated carbocycles. The number of piperazine rings is 1. The fourth-order valence-electron chi connectivity index (χ4n) is 13.6. The maximum atomic E-state index is 12.9. The van der Waals surface area contributed by atoms with Gasteiger partial charge in [0, 0.05) is 83.4 Å². The summed E-state index contributed by atoms with van der Waals surface area (Å²) in [5, 5.41) is 44.8. The number of carbonyl (C=O) groups is 1. The quantitative estimate of drug-likeness (QED) is 0.0201. The first-order valence-corrected chi connectivity index (χ1v) is 46.1. The van der Waals surface area contributed by atoms with Gasteiger partial charge in [-0.15, -0.1) is 0 Å². The van der Waals surface area contributed by atoms with Crippen LogP contribution in [0.4, 0.5) is 0 Å². The molecule has 10 nitrogen and oxygen atoms in total. The van der Waals surface area contributed by atoms with Crippen LogP contribution >= 0.6 is 21.6 Å². The summed E-state index contributed by atoms with van der Waals surface area (Å²) in [6.07, 6.45) is 88.3. The third-order valence-electron chi connectivity index (χ3n) is 20.2. The molecule has 0 aliphatic carbocycles. The number of rotatable bonds is 79. The lowest BCUT2D eigenvalue weighted by molar-refractivity contribution is -0.144. The molecule has 1 aliphatic rings. The van der Waals surface area contributed by atoms with Crippen molar-refractivity contribution in [3.63, 3.8) is 0 Å². The molecule has 101 heavy (non-hydrogen) atoms. The molecular formula is C89H168N4O6S2.